The number of hydrogen-bond donors (Lipinski definition) is 1. The Morgan fingerprint density at radius 3 is 2.65 bits per heavy atom. The lowest BCUT2D eigenvalue weighted by atomic mass is 10.0. The van der Waals surface area contributed by atoms with Gasteiger partial charge in [-0.25, -0.2) is 0 Å². The molecule has 0 unspecified atom stereocenters. The number of aliphatic hydroxyl groups excluding tert-OH is 1. The Kier molecular flexibility index (Phi) is 5.23. The number of ether oxygens (including phenoxy) is 1. The van der Waals surface area contributed by atoms with Crippen molar-refractivity contribution in [3.05, 3.63) is 51.7 Å². The van der Waals surface area contributed by atoms with Crippen molar-refractivity contribution in [1.29, 1.82) is 0 Å². The van der Waals surface area contributed by atoms with E-state index in [2.05, 4.69) is 37.8 Å². The van der Waals surface area contributed by atoms with Gasteiger partial charge in [-0.3, -0.25) is 0 Å². The molecular weight excluding hydrogens is 268 g/mol. The van der Waals surface area contributed by atoms with Crippen molar-refractivity contribution in [3.63, 3.8) is 0 Å². The Morgan fingerprint density at radius 2 is 2.00 bits per heavy atom. The molecule has 0 bridgehead atoms. The molecular formula is C17H18O2S. The minimum absolute atomic E-state index is 0.107. The number of thiophene rings is 1. The normalized spacial score (nSPS) is 10.2. The molecule has 0 aliphatic heterocycles. The maximum atomic E-state index is 8.65. The first-order valence-corrected chi connectivity index (χ1v) is 7.47. The van der Waals surface area contributed by atoms with Crippen LogP contribution in [0.1, 0.15) is 35.8 Å². The molecule has 20 heavy (non-hydrogen) atoms. The van der Waals surface area contributed by atoms with Gasteiger partial charge in [-0.2, -0.15) is 0 Å². The third-order valence-electron chi connectivity index (χ3n) is 2.89. The summed E-state index contributed by atoms with van der Waals surface area (Å²) in [6, 6.07) is 10.2. The smallest absolute Gasteiger partial charge is 0.122 e. The monoisotopic (exact) mass is 286 g/mol. The first-order valence-electron chi connectivity index (χ1n) is 6.59. The Bertz CT molecular complexity index is 600. The van der Waals surface area contributed by atoms with Gasteiger partial charge in [0.15, 0.2) is 0 Å². The van der Waals surface area contributed by atoms with E-state index < -0.39 is 0 Å². The maximum Gasteiger partial charge on any atom is 0.122 e. The molecule has 0 fully saturated rings. The van der Waals surface area contributed by atoms with Gasteiger partial charge in [0.25, 0.3) is 0 Å². The fraction of sp³-hybridized carbons (Fsp3) is 0.294. The molecule has 1 N–H and O–H groups in total. The average molecular weight is 286 g/mol. The van der Waals surface area contributed by atoms with E-state index in [9.17, 15) is 0 Å². The van der Waals surface area contributed by atoms with Crippen molar-refractivity contribution in [2.45, 2.75) is 26.4 Å². The molecule has 1 heterocycles. The molecule has 1 aromatic carbocycles. The van der Waals surface area contributed by atoms with E-state index in [4.69, 9.17) is 9.84 Å². The summed E-state index contributed by atoms with van der Waals surface area (Å²) in [6.45, 7) is 4.79. The Hall–Kier alpha value is -1.76. The third-order valence-corrected chi connectivity index (χ3v) is 3.80. The number of hydrogen-bond acceptors (Lipinski definition) is 3. The largest absolute Gasteiger partial charge is 0.488 e. The fourth-order valence-corrected chi connectivity index (χ4v) is 2.49. The topological polar surface area (TPSA) is 29.5 Å². The van der Waals surface area contributed by atoms with Crippen LogP contribution in [0.25, 0.3) is 0 Å². The maximum absolute atomic E-state index is 8.65. The van der Waals surface area contributed by atoms with E-state index in [1.54, 1.807) is 11.3 Å². The molecule has 0 saturated heterocycles. The van der Waals surface area contributed by atoms with E-state index in [1.807, 2.05) is 23.6 Å². The summed E-state index contributed by atoms with van der Waals surface area (Å²) in [6.07, 6.45) is 0. The van der Waals surface area contributed by atoms with Crippen LogP contribution >= 0.6 is 11.3 Å². The molecule has 0 amide bonds. The fourth-order valence-electron chi connectivity index (χ4n) is 1.77. The molecule has 3 heteroatoms. The second kappa shape index (κ2) is 7.14. The second-order valence-corrected chi connectivity index (χ2v) is 5.77. The van der Waals surface area contributed by atoms with E-state index in [0.717, 1.165) is 16.2 Å². The molecule has 0 aliphatic carbocycles. The third kappa shape index (κ3) is 4.12. The van der Waals surface area contributed by atoms with Gasteiger partial charge in [-0.05, 0) is 29.7 Å². The van der Waals surface area contributed by atoms with Gasteiger partial charge >= 0.3 is 0 Å². The highest BCUT2D eigenvalue weighted by Crippen LogP contribution is 2.21. The van der Waals surface area contributed by atoms with E-state index in [0.29, 0.717) is 12.5 Å². The molecule has 0 spiro atoms. The zero-order valence-electron chi connectivity index (χ0n) is 11.7. The van der Waals surface area contributed by atoms with Gasteiger partial charge in [-0.15, -0.1) is 11.3 Å². The minimum Gasteiger partial charge on any atom is -0.488 e. The Balaban J connectivity index is 1.93. The number of benzene rings is 1. The predicted octanol–water partition coefficient (Wildman–Crippen LogP) is 3.79. The van der Waals surface area contributed by atoms with Crippen LogP contribution in [0.5, 0.6) is 5.75 Å². The predicted molar refractivity (Wildman–Crippen MR) is 83.1 cm³/mol. The lowest BCUT2D eigenvalue weighted by Crippen LogP contribution is -1.93. The highest BCUT2D eigenvalue weighted by molar-refractivity contribution is 7.10. The Morgan fingerprint density at radius 1 is 1.25 bits per heavy atom. The van der Waals surface area contributed by atoms with Crippen molar-refractivity contribution in [3.8, 4) is 17.6 Å². The van der Waals surface area contributed by atoms with Gasteiger partial charge in [0.1, 0.15) is 19.0 Å². The SMILES string of the molecule is CC(C)c1ccc(OCc2cc(C#CCO)cs2)cc1. The highest BCUT2D eigenvalue weighted by atomic mass is 32.1. The van der Waals surface area contributed by atoms with E-state index >= 15 is 0 Å². The van der Waals surface area contributed by atoms with Gasteiger partial charge < -0.3 is 9.84 Å². The Labute approximate surface area is 124 Å². The summed E-state index contributed by atoms with van der Waals surface area (Å²) in [7, 11) is 0. The second-order valence-electron chi connectivity index (χ2n) is 4.77. The van der Waals surface area contributed by atoms with Crippen molar-refractivity contribution in [1.82, 2.24) is 0 Å². The first-order chi connectivity index (χ1) is 9.69. The van der Waals surface area contributed by atoms with Gasteiger partial charge in [-0.1, -0.05) is 37.8 Å². The lowest BCUT2D eigenvalue weighted by molar-refractivity contribution is 0.309. The quantitative estimate of drug-likeness (QED) is 0.866. The van der Waals surface area contributed by atoms with Crippen molar-refractivity contribution < 1.29 is 9.84 Å². The van der Waals surface area contributed by atoms with Crippen LogP contribution in [0.4, 0.5) is 0 Å². The first kappa shape index (κ1) is 14.6. The van der Waals surface area contributed by atoms with E-state index in [1.165, 1.54) is 5.56 Å². The molecule has 2 aromatic rings. The van der Waals surface area contributed by atoms with Crippen LogP contribution < -0.4 is 4.74 Å². The summed E-state index contributed by atoms with van der Waals surface area (Å²) < 4.78 is 5.76. The van der Waals surface area contributed by atoms with Gasteiger partial charge in [0.05, 0.1) is 0 Å². The molecule has 0 aliphatic rings. The molecule has 0 saturated carbocycles. The minimum atomic E-state index is -0.107. The van der Waals surface area contributed by atoms with Crippen LogP contribution in [0.15, 0.2) is 35.7 Å². The molecule has 2 nitrogen and oxygen atoms in total. The van der Waals surface area contributed by atoms with Crippen LogP contribution in [-0.4, -0.2) is 11.7 Å². The molecule has 0 atom stereocenters. The zero-order chi connectivity index (χ0) is 14.4. The van der Waals surface area contributed by atoms with Crippen LogP contribution in [-0.2, 0) is 6.61 Å². The molecule has 104 valence electrons. The average Bonchev–Trinajstić information content (AvgIpc) is 2.91. The van der Waals surface area contributed by atoms with Gasteiger partial charge in [0, 0.05) is 15.8 Å². The van der Waals surface area contributed by atoms with Crippen LogP contribution in [0, 0.1) is 11.8 Å². The number of aliphatic hydroxyl groups is 1. The highest BCUT2D eigenvalue weighted by Gasteiger charge is 2.02. The summed E-state index contributed by atoms with van der Waals surface area (Å²) in [5.74, 6) is 6.94. The van der Waals surface area contributed by atoms with Crippen molar-refractivity contribution in [2.24, 2.45) is 0 Å². The standard InChI is InChI=1S/C17H18O2S/c1-13(2)15-5-7-16(8-6-15)19-11-17-10-14(12-20-17)4-3-9-18/h5-8,10,12-13,18H,9,11H2,1-2H3. The van der Waals surface area contributed by atoms with Crippen molar-refractivity contribution in [2.75, 3.05) is 6.61 Å². The molecule has 1 aromatic heterocycles. The summed E-state index contributed by atoms with van der Waals surface area (Å²) >= 11 is 1.62. The van der Waals surface area contributed by atoms with Crippen molar-refractivity contribution >= 4 is 11.3 Å². The van der Waals surface area contributed by atoms with Crippen LogP contribution in [0.3, 0.4) is 0 Å². The summed E-state index contributed by atoms with van der Waals surface area (Å²) in [5.41, 5.74) is 2.24. The lowest BCUT2D eigenvalue weighted by Gasteiger charge is -2.08. The molecule has 0 radical (unpaired) electrons. The molecule has 2 rings (SSSR count). The van der Waals surface area contributed by atoms with E-state index in [-0.39, 0.29) is 6.61 Å². The van der Waals surface area contributed by atoms with Gasteiger partial charge in [0.2, 0.25) is 0 Å². The summed E-state index contributed by atoms with van der Waals surface area (Å²) in [4.78, 5) is 1.13. The van der Waals surface area contributed by atoms with Crippen LogP contribution in [0.2, 0.25) is 0 Å². The number of rotatable bonds is 4. The zero-order valence-corrected chi connectivity index (χ0v) is 12.5. The summed E-state index contributed by atoms with van der Waals surface area (Å²) in [5, 5.41) is 10.6.